The fraction of sp³-hybridized carbons (Fsp3) is 0.560. The van der Waals surface area contributed by atoms with Crippen molar-refractivity contribution in [2.45, 2.75) is 72.6 Å². The molecule has 5 amide bonds. The quantitative estimate of drug-likeness (QED) is 0.191. The Labute approximate surface area is 212 Å². The average Bonchev–Trinajstić information content (AvgIpc) is 2.82. The molecule has 1 aromatic rings. The number of hydrogen-bond acceptors (Lipinski definition) is 6. The summed E-state index contributed by atoms with van der Waals surface area (Å²) in [6, 6.07) is 4.36. The molecule has 0 spiro atoms. The van der Waals surface area contributed by atoms with Gasteiger partial charge >= 0.3 is 12.0 Å². The molecule has 0 aliphatic carbocycles. The standard InChI is InChI=1S/C25H39N5O6/c1-6-20(31)36-14-17-9-11-18(12-10-17)28-23(33)19(8-7-13-27-25(26)35)29-24(34)21(15(2)3)30-22(32)16(4)5/h9-12,15-16,19,21H,6-8,13-14H2,1-5H3,(H,28,33)(H,29,34)(H,30,32)(H3,26,27,35)/t19-,21-/m0/s1. The number of nitrogens with one attached hydrogen (secondary N) is 4. The number of hydrogen-bond donors (Lipinski definition) is 5. The average molecular weight is 506 g/mol. The SMILES string of the molecule is CCC(=O)OCc1ccc(NC(=O)[C@H](CCCNC(N)=O)NC(=O)[C@@H](NC(=O)C(C)C)C(C)C)cc1. The van der Waals surface area contributed by atoms with E-state index in [1.807, 2.05) is 0 Å². The van der Waals surface area contributed by atoms with Crippen molar-refractivity contribution in [1.82, 2.24) is 16.0 Å². The van der Waals surface area contributed by atoms with Gasteiger partial charge in [-0.1, -0.05) is 46.8 Å². The van der Waals surface area contributed by atoms with Crippen molar-refractivity contribution in [3.8, 4) is 0 Å². The third-order valence-corrected chi connectivity index (χ3v) is 5.28. The van der Waals surface area contributed by atoms with Crippen molar-refractivity contribution in [2.24, 2.45) is 17.6 Å². The first-order valence-corrected chi connectivity index (χ1v) is 12.1. The summed E-state index contributed by atoms with van der Waals surface area (Å²) in [4.78, 5) is 60.5. The summed E-state index contributed by atoms with van der Waals surface area (Å²) >= 11 is 0. The number of ether oxygens (including phenoxy) is 1. The molecular formula is C25H39N5O6. The van der Waals surface area contributed by atoms with Gasteiger partial charge < -0.3 is 31.7 Å². The maximum atomic E-state index is 13.0. The van der Waals surface area contributed by atoms with Crippen LogP contribution >= 0.6 is 0 Å². The first-order chi connectivity index (χ1) is 16.9. The van der Waals surface area contributed by atoms with Crippen LogP contribution in [0.3, 0.4) is 0 Å². The van der Waals surface area contributed by atoms with E-state index in [4.69, 9.17) is 10.5 Å². The number of esters is 1. The number of urea groups is 1. The first-order valence-electron chi connectivity index (χ1n) is 12.1. The van der Waals surface area contributed by atoms with Crippen molar-refractivity contribution in [3.05, 3.63) is 29.8 Å². The molecule has 1 aromatic carbocycles. The van der Waals surface area contributed by atoms with Gasteiger partial charge in [0.05, 0.1) is 0 Å². The van der Waals surface area contributed by atoms with Crippen LogP contribution in [0.15, 0.2) is 24.3 Å². The van der Waals surface area contributed by atoms with Gasteiger partial charge in [0.25, 0.3) is 0 Å². The molecule has 0 bridgehead atoms. The number of amides is 5. The van der Waals surface area contributed by atoms with Gasteiger partial charge in [0.2, 0.25) is 17.7 Å². The molecule has 6 N–H and O–H groups in total. The molecule has 1 rings (SSSR count). The zero-order valence-electron chi connectivity index (χ0n) is 21.7. The minimum atomic E-state index is -0.922. The number of rotatable bonds is 14. The molecule has 0 saturated heterocycles. The second kappa shape index (κ2) is 15.4. The molecule has 11 nitrogen and oxygen atoms in total. The summed E-state index contributed by atoms with van der Waals surface area (Å²) in [5.74, 6) is -2.00. The number of benzene rings is 1. The molecule has 2 atom stereocenters. The number of anilines is 1. The Morgan fingerprint density at radius 3 is 2.08 bits per heavy atom. The lowest BCUT2D eigenvalue weighted by atomic mass is 10.0. The summed E-state index contributed by atoms with van der Waals surface area (Å²) < 4.78 is 5.09. The van der Waals surface area contributed by atoms with Gasteiger partial charge in [-0.25, -0.2) is 4.79 Å². The Morgan fingerprint density at radius 2 is 1.56 bits per heavy atom. The van der Waals surface area contributed by atoms with Gasteiger partial charge in [0.15, 0.2) is 0 Å². The van der Waals surface area contributed by atoms with Crippen molar-refractivity contribution >= 4 is 35.4 Å². The molecule has 0 heterocycles. The van der Waals surface area contributed by atoms with Crippen LogP contribution in [-0.4, -0.2) is 48.4 Å². The minimum absolute atomic E-state index is 0.130. The maximum Gasteiger partial charge on any atom is 0.312 e. The van der Waals surface area contributed by atoms with E-state index in [0.717, 1.165) is 5.56 Å². The topological polar surface area (TPSA) is 169 Å². The van der Waals surface area contributed by atoms with E-state index in [-0.39, 0.29) is 49.7 Å². The first kappa shape index (κ1) is 30.4. The molecule has 0 saturated carbocycles. The summed E-state index contributed by atoms with van der Waals surface area (Å²) in [6.45, 7) is 9.13. The number of nitrogens with two attached hydrogens (primary N) is 1. The lowest BCUT2D eigenvalue weighted by molar-refractivity contribution is -0.144. The molecule has 0 radical (unpaired) electrons. The normalized spacial score (nSPS) is 12.4. The van der Waals surface area contributed by atoms with E-state index in [9.17, 15) is 24.0 Å². The minimum Gasteiger partial charge on any atom is -0.461 e. The maximum absolute atomic E-state index is 13.0. The molecule has 0 fully saturated rings. The van der Waals surface area contributed by atoms with E-state index in [1.165, 1.54) is 0 Å². The third kappa shape index (κ3) is 11.2. The Bertz CT molecular complexity index is 901. The van der Waals surface area contributed by atoms with Gasteiger partial charge in [0, 0.05) is 24.6 Å². The zero-order valence-corrected chi connectivity index (χ0v) is 21.7. The molecule has 0 aliphatic rings. The Balaban J connectivity index is 2.91. The van der Waals surface area contributed by atoms with Crippen molar-refractivity contribution in [2.75, 3.05) is 11.9 Å². The van der Waals surface area contributed by atoms with Crippen LogP contribution in [-0.2, 0) is 30.5 Å². The number of carbonyl (C=O) groups excluding carboxylic acids is 5. The molecular weight excluding hydrogens is 466 g/mol. The second-order valence-electron chi connectivity index (χ2n) is 9.08. The van der Waals surface area contributed by atoms with Gasteiger partial charge in [-0.3, -0.25) is 19.2 Å². The van der Waals surface area contributed by atoms with Crippen molar-refractivity contribution in [1.29, 1.82) is 0 Å². The predicted octanol–water partition coefficient (Wildman–Crippen LogP) is 1.81. The zero-order chi connectivity index (χ0) is 27.3. The van der Waals surface area contributed by atoms with Crippen LogP contribution in [0.4, 0.5) is 10.5 Å². The van der Waals surface area contributed by atoms with Crippen molar-refractivity contribution in [3.63, 3.8) is 0 Å². The Kier molecular flexibility index (Phi) is 13.0. The predicted molar refractivity (Wildman–Crippen MR) is 136 cm³/mol. The highest BCUT2D eigenvalue weighted by molar-refractivity contribution is 5.98. The van der Waals surface area contributed by atoms with Crippen LogP contribution in [0.1, 0.15) is 59.4 Å². The van der Waals surface area contributed by atoms with E-state index in [2.05, 4.69) is 21.3 Å². The highest BCUT2D eigenvalue weighted by atomic mass is 16.5. The summed E-state index contributed by atoms with van der Waals surface area (Å²) in [7, 11) is 0. The lowest BCUT2D eigenvalue weighted by Gasteiger charge is -2.26. The molecule has 200 valence electrons. The Hall–Kier alpha value is -3.63. The molecule has 11 heteroatoms. The number of carbonyl (C=O) groups is 5. The lowest BCUT2D eigenvalue weighted by Crippen LogP contribution is -2.55. The molecule has 0 unspecified atom stereocenters. The number of primary amides is 1. The van der Waals surface area contributed by atoms with Crippen LogP contribution < -0.4 is 27.0 Å². The fourth-order valence-corrected chi connectivity index (χ4v) is 3.08. The second-order valence-corrected chi connectivity index (χ2v) is 9.08. The summed E-state index contributed by atoms with van der Waals surface area (Å²) in [6.07, 6.45) is 0.897. The van der Waals surface area contributed by atoms with E-state index >= 15 is 0 Å². The largest absolute Gasteiger partial charge is 0.461 e. The molecule has 36 heavy (non-hydrogen) atoms. The van der Waals surface area contributed by atoms with Crippen LogP contribution in [0.25, 0.3) is 0 Å². The monoisotopic (exact) mass is 505 g/mol. The van der Waals surface area contributed by atoms with Gasteiger partial charge in [-0.2, -0.15) is 0 Å². The van der Waals surface area contributed by atoms with Crippen molar-refractivity contribution < 1.29 is 28.7 Å². The van der Waals surface area contributed by atoms with Gasteiger partial charge in [-0.05, 0) is 36.5 Å². The summed E-state index contributed by atoms with van der Waals surface area (Å²) in [5.41, 5.74) is 6.34. The highest BCUT2D eigenvalue weighted by Gasteiger charge is 2.29. The third-order valence-electron chi connectivity index (χ3n) is 5.28. The van der Waals surface area contributed by atoms with E-state index < -0.39 is 29.9 Å². The van der Waals surface area contributed by atoms with Crippen LogP contribution in [0.2, 0.25) is 0 Å². The molecule has 0 aliphatic heterocycles. The van der Waals surface area contributed by atoms with Crippen LogP contribution in [0.5, 0.6) is 0 Å². The Morgan fingerprint density at radius 1 is 0.917 bits per heavy atom. The highest BCUT2D eigenvalue weighted by Crippen LogP contribution is 2.13. The molecule has 0 aromatic heterocycles. The van der Waals surface area contributed by atoms with Gasteiger partial charge in [0.1, 0.15) is 18.7 Å². The summed E-state index contributed by atoms with van der Waals surface area (Å²) in [5, 5.41) is 10.7. The van der Waals surface area contributed by atoms with E-state index in [0.29, 0.717) is 12.1 Å². The van der Waals surface area contributed by atoms with Crippen LogP contribution in [0, 0.1) is 11.8 Å². The van der Waals surface area contributed by atoms with E-state index in [1.54, 1.807) is 58.9 Å². The fourth-order valence-electron chi connectivity index (χ4n) is 3.08. The van der Waals surface area contributed by atoms with Gasteiger partial charge in [-0.15, -0.1) is 0 Å². The smallest absolute Gasteiger partial charge is 0.312 e.